The highest BCUT2D eigenvalue weighted by Gasteiger charge is 2.40. The van der Waals surface area contributed by atoms with Gasteiger partial charge in [-0.1, -0.05) is 30.0 Å². The van der Waals surface area contributed by atoms with Crippen LogP contribution in [-0.2, 0) is 4.99 Å². The zero-order valence-corrected chi connectivity index (χ0v) is 11.6. The van der Waals surface area contributed by atoms with Crippen molar-refractivity contribution in [2.24, 2.45) is 5.73 Å². The number of nitrogen functional groups attached to an aromatic ring is 1. The van der Waals surface area contributed by atoms with E-state index < -0.39 is 4.99 Å². The first kappa shape index (κ1) is 12.3. The van der Waals surface area contributed by atoms with E-state index in [4.69, 9.17) is 11.5 Å². The van der Waals surface area contributed by atoms with E-state index in [1.54, 1.807) is 0 Å². The second-order valence-electron chi connectivity index (χ2n) is 4.67. The van der Waals surface area contributed by atoms with E-state index >= 15 is 0 Å². The van der Waals surface area contributed by atoms with Crippen LogP contribution in [0.25, 0.3) is 0 Å². The first-order valence-corrected chi connectivity index (χ1v) is 6.76. The standard InChI is InChI=1S/C13H15N5S/c1-7-4-3-5-8(2)9(7)13(15)18-10-11(14)16-6-17-12(10)19-13/h3-6,18H,15H2,1-2H3,(H2,14,16,17). The number of nitrogens with zero attached hydrogens (tertiary/aromatic N) is 2. The maximum Gasteiger partial charge on any atom is 0.167 e. The van der Waals surface area contributed by atoms with Crippen molar-refractivity contribution in [2.75, 3.05) is 11.1 Å². The van der Waals surface area contributed by atoms with Crippen LogP contribution >= 0.6 is 11.8 Å². The SMILES string of the molecule is Cc1cccc(C)c1C1(N)Nc2c(N)ncnc2S1. The van der Waals surface area contributed by atoms with E-state index in [1.807, 2.05) is 6.07 Å². The molecule has 0 saturated carbocycles. The molecular weight excluding hydrogens is 258 g/mol. The molecule has 1 aromatic heterocycles. The van der Waals surface area contributed by atoms with Crippen LogP contribution in [0, 0.1) is 13.8 Å². The van der Waals surface area contributed by atoms with Gasteiger partial charge in [-0.2, -0.15) is 0 Å². The van der Waals surface area contributed by atoms with Gasteiger partial charge >= 0.3 is 0 Å². The molecule has 0 amide bonds. The summed E-state index contributed by atoms with van der Waals surface area (Å²) in [6.45, 7) is 4.11. The summed E-state index contributed by atoms with van der Waals surface area (Å²) in [6, 6.07) is 6.13. The van der Waals surface area contributed by atoms with Crippen LogP contribution in [-0.4, -0.2) is 9.97 Å². The van der Waals surface area contributed by atoms with E-state index in [0.29, 0.717) is 5.82 Å². The number of aryl methyl sites for hydroxylation is 2. The first-order valence-electron chi connectivity index (χ1n) is 5.94. The van der Waals surface area contributed by atoms with Gasteiger partial charge in [0.2, 0.25) is 0 Å². The molecule has 6 heteroatoms. The molecule has 19 heavy (non-hydrogen) atoms. The summed E-state index contributed by atoms with van der Waals surface area (Å²) in [5.41, 5.74) is 16.5. The Bertz CT molecular complexity index is 637. The minimum Gasteiger partial charge on any atom is -0.382 e. The Labute approximate surface area is 115 Å². The molecular formula is C13H15N5S. The monoisotopic (exact) mass is 273 g/mol. The summed E-state index contributed by atoms with van der Waals surface area (Å²) in [5, 5.41) is 4.06. The minimum atomic E-state index is -0.748. The highest BCUT2D eigenvalue weighted by molar-refractivity contribution is 8.00. The van der Waals surface area contributed by atoms with Crippen LogP contribution < -0.4 is 16.8 Å². The molecule has 1 aliphatic heterocycles. The number of nitrogens with one attached hydrogen (secondary N) is 1. The zero-order chi connectivity index (χ0) is 13.6. The predicted molar refractivity (Wildman–Crippen MR) is 77.7 cm³/mol. The smallest absolute Gasteiger partial charge is 0.167 e. The van der Waals surface area contributed by atoms with Crippen molar-refractivity contribution < 1.29 is 0 Å². The highest BCUT2D eigenvalue weighted by Crippen LogP contribution is 2.49. The van der Waals surface area contributed by atoms with Crippen LogP contribution in [0.3, 0.4) is 0 Å². The van der Waals surface area contributed by atoms with E-state index in [0.717, 1.165) is 27.4 Å². The Balaban J connectivity index is 2.11. The molecule has 5 N–H and O–H groups in total. The summed E-state index contributed by atoms with van der Waals surface area (Å²) in [4.78, 5) is 7.47. The molecule has 1 aliphatic rings. The van der Waals surface area contributed by atoms with E-state index in [-0.39, 0.29) is 0 Å². The molecule has 0 aliphatic carbocycles. The Morgan fingerprint density at radius 2 is 1.89 bits per heavy atom. The van der Waals surface area contributed by atoms with Crippen molar-refractivity contribution in [1.29, 1.82) is 0 Å². The molecule has 0 fully saturated rings. The molecule has 0 spiro atoms. The van der Waals surface area contributed by atoms with Crippen molar-refractivity contribution in [3.63, 3.8) is 0 Å². The second-order valence-corrected chi connectivity index (χ2v) is 5.90. The molecule has 3 rings (SSSR count). The highest BCUT2D eigenvalue weighted by atomic mass is 32.2. The second kappa shape index (κ2) is 4.11. The topological polar surface area (TPSA) is 89.8 Å². The average molecular weight is 273 g/mol. The summed E-state index contributed by atoms with van der Waals surface area (Å²) in [7, 11) is 0. The Kier molecular flexibility index (Phi) is 2.65. The fourth-order valence-electron chi connectivity index (χ4n) is 2.45. The van der Waals surface area contributed by atoms with Crippen molar-refractivity contribution in [2.45, 2.75) is 23.9 Å². The lowest BCUT2D eigenvalue weighted by atomic mass is 10.00. The maximum atomic E-state index is 6.53. The molecule has 1 atom stereocenters. The molecule has 2 aromatic rings. The largest absolute Gasteiger partial charge is 0.382 e. The number of nitrogens with two attached hydrogens (primary N) is 2. The Morgan fingerprint density at radius 1 is 1.21 bits per heavy atom. The van der Waals surface area contributed by atoms with Gasteiger partial charge in [-0.3, -0.25) is 5.73 Å². The summed E-state index contributed by atoms with van der Waals surface area (Å²) in [6.07, 6.45) is 1.46. The fourth-order valence-corrected chi connectivity index (χ4v) is 3.69. The third-order valence-electron chi connectivity index (χ3n) is 3.26. The van der Waals surface area contributed by atoms with Crippen molar-refractivity contribution in [3.8, 4) is 0 Å². The first-order chi connectivity index (χ1) is 9.01. The number of aromatic nitrogens is 2. The summed E-state index contributed by atoms with van der Waals surface area (Å²) >= 11 is 1.47. The van der Waals surface area contributed by atoms with Gasteiger partial charge in [-0.25, -0.2) is 9.97 Å². The van der Waals surface area contributed by atoms with Crippen LogP contribution in [0.1, 0.15) is 16.7 Å². The number of hydrogen-bond acceptors (Lipinski definition) is 6. The van der Waals surface area contributed by atoms with E-state index in [2.05, 4.69) is 41.3 Å². The average Bonchev–Trinajstić information content (AvgIpc) is 2.68. The summed E-state index contributed by atoms with van der Waals surface area (Å²) in [5.74, 6) is 0.427. The quantitative estimate of drug-likeness (QED) is 0.688. The van der Waals surface area contributed by atoms with Gasteiger partial charge in [-0.15, -0.1) is 0 Å². The molecule has 0 saturated heterocycles. The number of anilines is 2. The predicted octanol–water partition coefficient (Wildman–Crippen LogP) is 1.96. The van der Waals surface area contributed by atoms with Gasteiger partial charge in [-0.05, 0) is 25.0 Å². The fraction of sp³-hybridized carbons (Fsp3) is 0.231. The Hall–Kier alpha value is -1.79. The lowest BCUT2D eigenvalue weighted by molar-refractivity contribution is 0.755. The van der Waals surface area contributed by atoms with Crippen LogP contribution in [0.5, 0.6) is 0 Å². The van der Waals surface area contributed by atoms with Crippen LogP contribution in [0.2, 0.25) is 0 Å². The molecule has 1 unspecified atom stereocenters. The third kappa shape index (κ3) is 1.84. The lowest BCUT2D eigenvalue weighted by Gasteiger charge is -2.27. The molecule has 2 heterocycles. The van der Waals surface area contributed by atoms with Gasteiger partial charge in [0.25, 0.3) is 0 Å². The van der Waals surface area contributed by atoms with Crippen molar-refractivity contribution in [1.82, 2.24) is 9.97 Å². The minimum absolute atomic E-state index is 0.427. The molecule has 1 aromatic carbocycles. The van der Waals surface area contributed by atoms with Crippen molar-refractivity contribution >= 4 is 23.3 Å². The normalized spacial score (nSPS) is 21.0. The number of rotatable bonds is 1. The summed E-state index contributed by atoms with van der Waals surface area (Å²) < 4.78 is 0. The molecule has 0 radical (unpaired) electrons. The zero-order valence-electron chi connectivity index (χ0n) is 10.8. The number of benzene rings is 1. The van der Waals surface area contributed by atoms with Crippen LogP contribution in [0.15, 0.2) is 29.6 Å². The number of fused-ring (bicyclic) bond motifs is 1. The lowest BCUT2D eigenvalue weighted by Crippen LogP contribution is -2.39. The van der Waals surface area contributed by atoms with Gasteiger partial charge in [0, 0.05) is 5.56 Å². The molecule has 0 bridgehead atoms. The van der Waals surface area contributed by atoms with Gasteiger partial charge in [0.15, 0.2) is 10.8 Å². The van der Waals surface area contributed by atoms with Crippen molar-refractivity contribution in [3.05, 3.63) is 41.2 Å². The van der Waals surface area contributed by atoms with E-state index in [1.165, 1.54) is 18.1 Å². The Morgan fingerprint density at radius 3 is 2.53 bits per heavy atom. The van der Waals surface area contributed by atoms with Gasteiger partial charge < -0.3 is 11.1 Å². The number of thioether (sulfide) groups is 1. The number of hydrogen-bond donors (Lipinski definition) is 3. The maximum absolute atomic E-state index is 6.53. The molecule has 98 valence electrons. The van der Waals surface area contributed by atoms with Gasteiger partial charge in [0.1, 0.15) is 17.0 Å². The third-order valence-corrected chi connectivity index (χ3v) is 4.39. The van der Waals surface area contributed by atoms with Gasteiger partial charge in [0.05, 0.1) is 0 Å². The van der Waals surface area contributed by atoms with Crippen LogP contribution in [0.4, 0.5) is 11.5 Å². The molecule has 5 nitrogen and oxygen atoms in total. The van der Waals surface area contributed by atoms with E-state index in [9.17, 15) is 0 Å².